The summed E-state index contributed by atoms with van der Waals surface area (Å²) in [6, 6.07) is 12.3. The number of nitrogens with one attached hydrogen (secondary N) is 1. The van der Waals surface area contributed by atoms with Gasteiger partial charge in [-0.1, -0.05) is 12.1 Å². The van der Waals surface area contributed by atoms with Gasteiger partial charge in [0.1, 0.15) is 17.5 Å². The van der Waals surface area contributed by atoms with E-state index in [4.69, 9.17) is 5.26 Å². The maximum atomic E-state index is 13.1. The number of hydrogen-bond donors (Lipinski definition) is 1. The van der Waals surface area contributed by atoms with Crippen LogP contribution in [0.1, 0.15) is 16.8 Å². The van der Waals surface area contributed by atoms with Crippen LogP contribution in [0, 0.1) is 17.1 Å². The molecular weight excluding hydrogens is 241 g/mol. The van der Waals surface area contributed by atoms with Crippen LogP contribution in [0.25, 0.3) is 11.0 Å². The summed E-state index contributed by atoms with van der Waals surface area (Å²) in [5.74, 6) is -0.245. The van der Waals surface area contributed by atoms with Gasteiger partial charge in [0.15, 0.2) is 0 Å². The predicted molar refractivity (Wildman–Crippen MR) is 70.0 cm³/mol. The van der Waals surface area contributed by atoms with E-state index in [-0.39, 0.29) is 5.82 Å². The molecule has 0 radical (unpaired) electrons. The summed E-state index contributed by atoms with van der Waals surface area (Å²) in [7, 11) is 0. The number of hydrogen-bond acceptors (Lipinski definition) is 2. The molecule has 0 unspecified atom stereocenters. The molecule has 0 aliphatic carbocycles. The highest BCUT2D eigenvalue weighted by Crippen LogP contribution is 2.17. The molecule has 0 amide bonds. The molecule has 0 aliphatic heterocycles. The number of fused-ring (bicyclic) bond motifs is 1. The van der Waals surface area contributed by atoms with E-state index in [2.05, 4.69) is 16.0 Å². The molecule has 1 aromatic carbocycles. The van der Waals surface area contributed by atoms with Crippen LogP contribution in [0.15, 0.2) is 42.6 Å². The van der Waals surface area contributed by atoms with Crippen molar-refractivity contribution < 1.29 is 4.39 Å². The van der Waals surface area contributed by atoms with Gasteiger partial charge >= 0.3 is 0 Å². The monoisotopic (exact) mass is 251 g/mol. The molecule has 92 valence electrons. The van der Waals surface area contributed by atoms with Crippen LogP contribution in [-0.4, -0.2) is 9.97 Å². The molecule has 4 heteroatoms. The second-order valence-electron chi connectivity index (χ2n) is 4.32. The first-order valence-corrected chi connectivity index (χ1v) is 5.88. The number of aromatic nitrogens is 2. The van der Waals surface area contributed by atoms with Crippen LogP contribution in [0.5, 0.6) is 0 Å². The second kappa shape index (κ2) is 4.54. The number of rotatable bonds is 2. The van der Waals surface area contributed by atoms with Crippen LogP contribution < -0.4 is 0 Å². The van der Waals surface area contributed by atoms with Gasteiger partial charge in [-0.15, -0.1) is 0 Å². The topological polar surface area (TPSA) is 52.5 Å². The smallest absolute Gasteiger partial charge is 0.138 e. The standard InChI is InChI=1S/C15H10FN3/c16-12-3-1-2-10(6-12)7-13-4-5-14-11(8-17)9-18-15(14)19-13/h1-6,9H,7H2,(H,18,19). The predicted octanol–water partition coefficient (Wildman–Crippen LogP) is 3.16. The Morgan fingerprint density at radius 1 is 1.26 bits per heavy atom. The molecule has 0 saturated carbocycles. The van der Waals surface area contributed by atoms with Gasteiger partial charge in [0, 0.05) is 23.7 Å². The van der Waals surface area contributed by atoms with Crippen molar-refractivity contribution >= 4 is 11.0 Å². The molecule has 1 N–H and O–H groups in total. The summed E-state index contributed by atoms with van der Waals surface area (Å²) in [5, 5.41) is 9.73. The van der Waals surface area contributed by atoms with Gasteiger partial charge in [-0.3, -0.25) is 0 Å². The summed E-state index contributed by atoms with van der Waals surface area (Å²) in [5.41, 5.74) is 2.98. The SMILES string of the molecule is N#Cc1c[nH]c2nc(Cc3cccc(F)c3)ccc12. The van der Waals surface area contributed by atoms with Gasteiger partial charge in [0.25, 0.3) is 0 Å². The average Bonchev–Trinajstić information content (AvgIpc) is 2.81. The summed E-state index contributed by atoms with van der Waals surface area (Å²) in [4.78, 5) is 7.41. The van der Waals surface area contributed by atoms with Gasteiger partial charge < -0.3 is 4.98 Å². The number of nitriles is 1. The first kappa shape index (κ1) is 11.4. The van der Waals surface area contributed by atoms with Crippen molar-refractivity contribution in [2.24, 2.45) is 0 Å². The van der Waals surface area contributed by atoms with E-state index in [0.717, 1.165) is 16.6 Å². The van der Waals surface area contributed by atoms with Crippen LogP contribution in [0.4, 0.5) is 4.39 Å². The minimum Gasteiger partial charge on any atom is -0.345 e. The van der Waals surface area contributed by atoms with Crippen molar-refractivity contribution in [2.75, 3.05) is 0 Å². The number of aromatic amines is 1. The highest BCUT2D eigenvalue weighted by molar-refractivity contribution is 5.82. The minimum atomic E-state index is -0.245. The van der Waals surface area contributed by atoms with Crippen molar-refractivity contribution in [2.45, 2.75) is 6.42 Å². The zero-order chi connectivity index (χ0) is 13.2. The second-order valence-corrected chi connectivity index (χ2v) is 4.32. The Hall–Kier alpha value is -2.67. The summed E-state index contributed by atoms with van der Waals surface area (Å²) in [6.07, 6.45) is 2.21. The fourth-order valence-corrected chi connectivity index (χ4v) is 2.09. The largest absolute Gasteiger partial charge is 0.345 e. The fourth-order valence-electron chi connectivity index (χ4n) is 2.09. The van der Waals surface area contributed by atoms with Gasteiger partial charge in [-0.2, -0.15) is 5.26 Å². The quantitative estimate of drug-likeness (QED) is 0.760. The average molecular weight is 251 g/mol. The zero-order valence-electron chi connectivity index (χ0n) is 10.0. The Kier molecular flexibility index (Phi) is 2.73. The molecule has 0 bridgehead atoms. The lowest BCUT2D eigenvalue weighted by molar-refractivity contribution is 0.626. The molecule has 3 nitrogen and oxygen atoms in total. The van der Waals surface area contributed by atoms with Gasteiger partial charge in [-0.25, -0.2) is 9.37 Å². The van der Waals surface area contributed by atoms with Crippen molar-refractivity contribution in [3.63, 3.8) is 0 Å². The molecule has 3 aromatic rings. The summed E-state index contributed by atoms with van der Waals surface area (Å²) < 4.78 is 13.1. The van der Waals surface area contributed by atoms with Crippen LogP contribution >= 0.6 is 0 Å². The lowest BCUT2D eigenvalue weighted by Gasteiger charge is -2.01. The summed E-state index contributed by atoms with van der Waals surface area (Å²) in [6.45, 7) is 0. The number of H-pyrrole nitrogens is 1. The third-order valence-corrected chi connectivity index (χ3v) is 2.99. The Bertz CT molecular complexity index is 783. The Morgan fingerprint density at radius 2 is 2.16 bits per heavy atom. The highest BCUT2D eigenvalue weighted by atomic mass is 19.1. The molecule has 3 rings (SSSR count). The highest BCUT2D eigenvalue weighted by Gasteiger charge is 2.06. The molecule has 0 spiro atoms. The van der Waals surface area contributed by atoms with E-state index in [0.29, 0.717) is 17.6 Å². The number of nitrogens with zero attached hydrogens (tertiary/aromatic N) is 2. The molecular formula is C15H10FN3. The zero-order valence-corrected chi connectivity index (χ0v) is 10.0. The van der Waals surface area contributed by atoms with Crippen LogP contribution in [0.2, 0.25) is 0 Å². The van der Waals surface area contributed by atoms with Gasteiger partial charge in [0.2, 0.25) is 0 Å². The van der Waals surface area contributed by atoms with Gasteiger partial charge in [0.05, 0.1) is 5.56 Å². The Morgan fingerprint density at radius 3 is 2.95 bits per heavy atom. The van der Waals surface area contributed by atoms with Crippen molar-refractivity contribution in [3.8, 4) is 6.07 Å². The third-order valence-electron chi connectivity index (χ3n) is 2.99. The normalized spacial score (nSPS) is 10.5. The van der Waals surface area contributed by atoms with E-state index >= 15 is 0 Å². The molecule has 0 saturated heterocycles. The van der Waals surface area contributed by atoms with Crippen LogP contribution in [0.3, 0.4) is 0 Å². The maximum Gasteiger partial charge on any atom is 0.138 e. The Labute approximate surface area is 109 Å². The molecule has 2 aromatic heterocycles. The lowest BCUT2D eigenvalue weighted by atomic mass is 10.1. The fraction of sp³-hybridized carbons (Fsp3) is 0.0667. The van der Waals surface area contributed by atoms with E-state index in [1.54, 1.807) is 12.3 Å². The van der Waals surface area contributed by atoms with E-state index in [1.165, 1.54) is 12.1 Å². The molecule has 19 heavy (non-hydrogen) atoms. The van der Waals surface area contributed by atoms with Crippen molar-refractivity contribution in [1.82, 2.24) is 9.97 Å². The molecule has 0 atom stereocenters. The Balaban J connectivity index is 1.96. The number of benzene rings is 1. The van der Waals surface area contributed by atoms with Crippen LogP contribution in [-0.2, 0) is 6.42 Å². The maximum absolute atomic E-state index is 13.1. The minimum absolute atomic E-state index is 0.245. The van der Waals surface area contributed by atoms with E-state index in [9.17, 15) is 4.39 Å². The molecule has 0 aliphatic rings. The first-order chi connectivity index (χ1) is 9.26. The molecule has 0 fully saturated rings. The van der Waals surface area contributed by atoms with Gasteiger partial charge in [-0.05, 0) is 29.8 Å². The van der Waals surface area contributed by atoms with E-state index < -0.39 is 0 Å². The first-order valence-electron chi connectivity index (χ1n) is 5.88. The van der Waals surface area contributed by atoms with Crippen molar-refractivity contribution in [3.05, 3.63) is 65.2 Å². The lowest BCUT2D eigenvalue weighted by Crippen LogP contribution is -1.93. The molecule has 2 heterocycles. The summed E-state index contributed by atoms with van der Waals surface area (Å²) >= 11 is 0. The van der Waals surface area contributed by atoms with Crippen molar-refractivity contribution in [1.29, 1.82) is 5.26 Å². The number of halogens is 1. The number of pyridine rings is 1. The third kappa shape index (κ3) is 2.18. The van der Waals surface area contributed by atoms with E-state index in [1.807, 2.05) is 18.2 Å².